The van der Waals surface area contributed by atoms with E-state index < -0.39 is 6.04 Å². The Kier molecular flexibility index (Phi) is 4.25. The molecule has 0 spiro atoms. The van der Waals surface area contributed by atoms with Crippen LogP contribution in [0.2, 0.25) is 9.36 Å². The quantitative estimate of drug-likeness (QED) is 0.511. The molecule has 0 aliphatic rings. The zero-order chi connectivity index (χ0) is 17.4. The van der Waals surface area contributed by atoms with Crippen LogP contribution in [0.15, 0.2) is 53.3 Å². The number of hydrogen-bond acceptors (Lipinski definition) is 4. The Bertz CT molecular complexity index is 1030. The zero-order valence-corrected chi connectivity index (χ0v) is 15.0. The van der Waals surface area contributed by atoms with Gasteiger partial charge in [0.2, 0.25) is 0 Å². The average Bonchev–Trinajstić information content (AvgIpc) is 3.33. The molecule has 0 aliphatic heterocycles. The van der Waals surface area contributed by atoms with Crippen LogP contribution in [0, 0.1) is 0 Å². The Morgan fingerprint density at radius 3 is 2.72 bits per heavy atom. The van der Waals surface area contributed by atoms with E-state index in [2.05, 4.69) is 15.5 Å². The van der Waals surface area contributed by atoms with E-state index in [1.165, 1.54) is 17.6 Å². The van der Waals surface area contributed by atoms with E-state index in [4.69, 9.17) is 27.7 Å². The van der Waals surface area contributed by atoms with E-state index in [1.54, 1.807) is 12.1 Å². The van der Waals surface area contributed by atoms with Gasteiger partial charge in [0.15, 0.2) is 0 Å². The monoisotopic (exact) mass is 391 g/mol. The molecule has 0 radical (unpaired) electrons. The summed E-state index contributed by atoms with van der Waals surface area (Å²) >= 11 is 13.5. The van der Waals surface area contributed by atoms with Crippen molar-refractivity contribution >= 4 is 50.7 Å². The summed E-state index contributed by atoms with van der Waals surface area (Å²) in [5, 5.41) is 7.36. The van der Waals surface area contributed by atoms with E-state index in [0.29, 0.717) is 26.3 Å². The van der Waals surface area contributed by atoms with Gasteiger partial charge < -0.3 is 14.8 Å². The molecule has 126 valence electrons. The summed E-state index contributed by atoms with van der Waals surface area (Å²) in [6.45, 7) is 0. The molecule has 2 N–H and O–H groups in total. The molecule has 5 nitrogen and oxygen atoms in total. The minimum absolute atomic E-state index is 0.271. The summed E-state index contributed by atoms with van der Waals surface area (Å²) in [6, 6.07) is 12.6. The highest BCUT2D eigenvalue weighted by Gasteiger charge is 2.22. The van der Waals surface area contributed by atoms with Crippen molar-refractivity contribution in [3.8, 4) is 0 Å². The standard InChI is InChI=1S/C17H11Cl2N3O2S/c18-13-15-12(25-16(13)19)8-11(20-15)17(23)21-14(10-6-7-24-22-10)9-4-2-1-3-5-9/h1-8,14,20H,(H,21,23). The van der Waals surface area contributed by atoms with Crippen LogP contribution in [-0.4, -0.2) is 16.0 Å². The zero-order valence-electron chi connectivity index (χ0n) is 12.6. The number of benzene rings is 1. The highest BCUT2D eigenvalue weighted by atomic mass is 35.5. The Labute approximate surface area is 156 Å². The smallest absolute Gasteiger partial charge is 0.268 e. The number of nitrogens with one attached hydrogen (secondary N) is 2. The maximum atomic E-state index is 12.7. The van der Waals surface area contributed by atoms with Crippen LogP contribution >= 0.6 is 34.5 Å². The number of nitrogens with zero attached hydrogens (tertiary/aromatic N) is 1. The molecule has 0 saturated carbocycles. The van der Waals surface area contributed by atoms with E-state index in [-0.39, 0.29) is 5.91 Å². The number of fused-ring (bicyclic) bond motifs is 1. The molecule has 1 atom stereocenters. The molecule has 1 aromatic carbocycles. The first-order valence-electron chi connectivity index (χ1n) is 7.36. The van der Waals surface area contributed by atoms with Crippen molar-refractivity contribution in [3.63, 3.8) is 0 Å². The van der Waals surface area contributed by atoms with Crippen molar-refractivity contribution in [2.24, 2.45) is 0 Å². The second-order valence-corrected chi connectivity index (χ2v) is 7.39. The van der Waals surface area contributed by atoms with Gasteiger partial charge in [-0.25, -0.2) is 0 Å². The van der Waals surface area contributed by atoms with Crippen LogP contribution in [0.4, 0.5) is 0 Å². The highest BCUT2D eigenvalue weighted by Crippen LogP contribution is 2.38. The van der Waals surface area contributed by atoms with Crippen LogP contribution in [0.1, 0.15) is 27.8 Å². The number of H-pyrrole nitrogens is 1. The van der Waals surface area contributed by atoms with Crippen molar-refractivity contribution in [3.05, 3.63) is 75.0 Å². The van der Waals surface area contributed by atoms with E-state index in [9.17, 15) is 4.79 Å². The molecular weight excluding hydrogens is 381 g/mol. The largest absolute Gasteiger partial charge is 0.364 e. The van der Waals surface area contributed by atoms with Gasteiger partial charge in [-0.15, -0.1) is 11.3 Å². The predicted octanol–water partition coefficient (Wildman–Crippen LogP) is 5.04. The molecule has 0 fully saturated rings. The molecule has 0 aliphatic carbocycles. The van der Waals surface area contributed by atoms with Crippen molar-refractivity contribution in [2.75, 3.05) is 0 Å². The van der Waals surface area contributed by atoms with Crippen molar-refractivity contribution in [1.29, 1.82) is 0 Å². The number of thiophene rings is 1. The normalized spacial score (nSPS) is 12.4. The predicted molar refractivity (Wildman–Crippen MR) is 98.4 cm³/mol. The number of carbonyl (C=O) groups excluding carboxylic acids is 1. The van der Waals surface area contributed by atoms with Gasteiger partial charge in [-0.2, -0.15) is 0 Å². The molecule has 3 heterocycles. The summed E-state index contributed by atoms with van der Waals surface area (Å²) in [7, 11) is 0. The number of halogens is 2. The number of carbonyl (C=O) groups is 1. The number of hydrogen-bond donors (Lipinski definition) is 2. The summed E-state index contributed by atoms with van der Waals surface area (Å²) in [5.74, 6) is -0.271. The molecule has 4 aromatic rings. The summed E-state index contributed by atoms with van der Waals surface area (Å²) in [6.07, 6.45) is 1.48. The molecule has 4 rings (SSSR count). The van der Waals surface area contributed by atoms with Crippen molar-refractivity contribution in [1.82, 2.24) is 15.5 Å². The third-order valence-electron chi connectivity index (χ3n) is 3.78. The van der Waals surface area contributed by atoms with Gasteiger partial charge in [0, 0.05) is 6.07 Å². The molecule has 25 heavy (non-hydrogen) atoms. The van der Waals surface area contributed by atoms with Gasteiger partial charge in [-0.05, 0) is 11.6 Å². The lowest BCUT2D eigenvalue weighted by atomic mass is 10.0. The molecule has 1 unspecified atom stereocenters. The van der Waals surface area contributed by atoms with Crippen molar-refractivity contribution < 1.29 is 9.32 Å². The highest BCUT2D eigenvalue weighted by molar-refractivity contribution is 7.23. The summed E-state index contributed by atoms with van der Waals surface area (Å²) in [5.41, 5.74) is 2.59. The topological polar surface area (TPSA) is 70.9 Å². The van der Waals surface area contributed by atoms with Gasteiger partial charge in [0.1, 0.15) is 28.0 Å². The van der Waals surface area contributed by atoms with Crippen LogP contribution < -0.4 is 5.32 Å². The van der Waals surface area contributed by atoms with E-state index >= 15 is 0 Å². The fourth-order valence-corrected chi connectivity index (χ4v) is 4.08. The molecular formula is C17H11Cl2N3O2S. The second-order valence-electron chi connectivity index (χ2n) is 5.35. The van der Waals surface area contributed by atoms with Gasteiger partial charge in [0.25, 0.3) is 5.91 Å². The van der Waals surface area contributed by atoms with E-state index in [1.807, 2.05) is 30.3 Å². The molecule has 1 amide bonds. The Balaban J connectivity index is 1.66. The molecule has 8 heteroatoms. The number of aromatic nitrogens is 2. The first-order valence-corrected chi connectivity index (χ1v) is 8.93. The number of rotatable bonds is 4. The third-order valence-corrected chi connectivity index (χ3v) is 5.71. The van der Waals surface area contributed by atoms with Crippen LogP contribution in [-0.2, 0) is 0 Å². The lowest BCUT2D eigenvalue weighted by molar-refractivity contribution is 0.0937. The lowest BCUT2D eigenvalue weighted by Gasteiger charge is -2.16. The fourth-order valence-electron chi connectivity index (χ4n) is 2.59. The minimum atomic E-state index is -0.423. The Morgan fingerprint density at radius 2 is 2.04 bits per heavy atom. The van der Waals surface area contributed by atoms with E-state index in [0.717, 1.165) is 10.3 Å². The van der Waals surface area contributed by atoms with Gasteiger partial charge in [-0.3, -0.25) is 4.79 Å². The first kappa shape index (κ1) is 16.2. The number of amides is 1. The Morgan fingerprint density at radius 1 is 1.24 bits per heavy atom. The minimum Gasteiger partial charge on any atom is -0.364 e. The molecule has 0 saturated heterocycles. The Hall–Kier alpha value is -2.28. The van der Waals surface area contributed by atoms with Crippen LogP contribution in [0.3, 0.4) is 0 Å². The molecule has 0 bridgehead atoms. The summed E-state index contributed by atoms with van der Waals surface area (Å²) < 4.78 is 6.26. The average molecular weight is 392 g/mol. The third kappa shape index (κ3) is 3.04. The van der Waals surface area contributed by atoms with Gasteiger partial charge in [-0.1, -0.05) is 58.7 Å². The van der Waals surface area contributed by atoms with Crippen LogP contribution in [0.25, 0.3) is 10.2 Å². The SMILES string of the molecule is O=C(NC(c1ccccc1)c1ccon1)c1cc2sc(Cl)c(Cl)c2[nH]1. The lowest BCUT2D eigenvalue weighted by Crippen LogP contribution is -2.29. The van der Waals surface area contributed by atoms with Gasteiger partial charge >= 0.3 is 0 Å². The van der Waals surface area contributed by atoms with Gasteiger partial charge in [0.05, 0.1) is 15.2 Å². The molecule has 3 aromatic heterocycles. The summed E-state index contributed by atoms with van der Waals surface area (Å²) in [4.78, 5) is 15.7. The maximum Gasteiger partial charge on any atom is 0.268 e. The maximum absolute atomic E-state index is 12.7. The fraction of sp³-hybridized carbons (Fsp3) is 0.0588. The van der Waals surface area contributed by atoms with Crippen LogP contribution in [0.5, 0.6) is 0 Å². The number of aromatic amines is 1. The van der Waals surface area contributed by atoms with Crippen molar-refractivity contribution in [2.45, 2.75) is 6.04 Å². The first-order chi connectivity index (χ1) is 12.1. The second kappa shape index (κ2) is 6.55.